The monoisotopic (exact) mass is 278 g/mol. The number of nitrogens with zero attached hydrogens (tertiary/aromatic N) is 2. The maximum Gasteiger partial charge on any atom is 0.221 e. The minimum Gasteiger partial charge on any atom is -0.369 e. The van der Waals surface area contributed by atoms with E-state index in [0.717, 1.165) is 51.7 Å². The lowest BCUT2D eigenvalue weighted by Gasteiger charge is -2.38. The summed E-state index contributed by atoms with van der Waals surface area (Å²) < 4.78 is 0. The highest BCUT2D eigenvalue weighted by Crippen LogP contribution is 2.40. The molecule has 1 aliphatic heterocycles. The number of carbonyl (C=O) groups excluding carboxylic acids is 1. The van der Waals surface area contributed by atoms with Gasteiger partial charge < -0.3 is 5.73 Å². The normalized spacial score (nSPS) is 26.7. The van der Waals surface area contributed by atoms with Crippen molar-refractivity contribution < 1.29 is 4.79 Å². The van der Waals surface area contributed by atoms with E-state index in [1.54, 1.807) is 0 Å². The molecule has 20 heavy (non-hydrogen) atoms. The summed E-state index contributed by atoms with van der Waals surface area (Å²) in [6.07, 6.45) is 5.18. The van der Waals surface area contributed by atoms with Crippen LogP contribution in [0.25, 0.3) is 0 Å². The van der Waals surface area contributed by atoms with E-state index in [1.807, 2.05) is 0 Å². The molecule has 0 spiro atoms. The first-order valence-electron chi connectivity index (χ1n) is 7.79. The van der Waals surface area contributed by atoms with E-state index in [4.69, 9.17) is 5.73 Å². The van der Waals surface area contributed by atoms with Crippen molar-refractivity contribution in [3.8, 4) is 6.07 Å². The van der Waals surface area contributed by atoms with Gasteiger partial charge in [0.2, 0.25) is 5.91 Å². The number of likely N-dealkylation sites (tertiary alicyclic amines) is 1. The van der Waals surface area contributed by atoms with Crippen molar-refractivity contribution in [2.45, 2.75) is 44.6 Å². The SMILES string of the molecule is CCCNC(C#N)(CN1CCCC(C(N)=O)C1)C1CC1. The Labute approximate surface area is 121 Å². The first-order valence-corrected chi connectivity index (χ1v) is 7.79. The Morgan fingerprint density at radius 3 is 2.80 bits per heavy atom. The van der Waals surface area contributed by atoms with E-state index >= 15 is 0 Å². The molecule has 0 radical (unpaired) electrons. The van der Waals surface area contributed by atoms with Crippen LogP contribution in [0.4, 0.5) is 0 Å². The number of rotatable bonds is 7. The Hall–Kier alpha value is -1.12. The lowest BCUT2D eigenvalue weighted by molar-refractivity contribution is -0.123. The van der Waals surface area contributed by atoms with Gasteiger partial charge in [-0.15, -0.1) is 0 Å². The van der Waals surface area contributed by atoms with Gasteiger partial charge >= 0.3 is 0 Å². The van der Waals surface area contributed by atoms with Crippen LogP contribution in [-0.4, -0.2) is 42.5 Å². The highest BCUT2D eigenvalue weighted by Gasteiger charge is 2.46. The fourth-order valence-electron chi connectivity index (χ4n) is 3.20. The lowest BCUT2D eigenvalue weighted by Crippen LogP contribution is -2.56. The Morgan fingerprint density at radius 2 is 2.25 bits per heavy atom. The Kier molecular flexibility index (Phi) is 5.00. The molecule has 2 rings (SSSR count). The number of primary amides is 1. The summed E-state index contributed by atoms with van der Waals surface area (Å²) in [5.74, 6) is 0.212. The number of hydrogen-bond donors (Lipinski definition) is 2. The molecule has 1 saturated heterocycles. The molecule has 1 aliphatic carbocycles. The van der Waals surface area contributed by atoms with E-state index < -0.39 is 5.54 Å². The first kappa shape index (κ1) is 15.3. The zero-order valence-corrected chi connectivity index (χ0v) is 12.4. The van der Waals surface area contributed by atoms with Gasteiger partial charge in [-0.1, -0.05) is 6.92 Å². The zero-order chi connectivity index (χ0) is 14.6. The number of nitriles is 1. The lowest BCUT2D eigenvalue weighted by atomic mass is 9.91. The van der Waals surface area contributed by atoms with Crippen molar-refractivity contribution in [1.82, 2.24) is 10.2 Å². The maximum absolute atomic E-state index is 11.4. The van der Waals surface area contributed by atoms with Crippen LogP contribution in [0.3, 0.4) is 0 Å². The summed E-state index contributed by atoms with van der Waals surface area (Å²) in [5.41, 5.74) is 5.00. The second-order valence-electron chi connectivity index (χ2n) is 6.26. The molecule has 2 fully saturated rings. The second kappa shape index (κ2) is 6.55. The Bertz CT molecular complexity index is 388. The number of nitrogens with one attached hydrogen (secondary N) is 1. The molecule has 2 unspecified atom stereocenters. The average molecular weight is 278 g/mol. The van der Waals surface area contributed by atoms with Gasteiger partial charge in [0, 0.05) is 13.1 Å². The van der Waals surface area contributed by atoms with Crippen molar-refractivity contribution in [1.29, 1.82) is 5.26 Å². The summed E-state index contributed by atoms with van der Waals surface area (Å²) in [6.45, 7) is 5.38. The molecule has 112 valence electrons. The molecule has 2 aliphatic rings. The Morgan fingerprint density at radius 1 is 1.50 bits per heavy atom. The van der Waals surface area contributed by atoms with Gasteiger partial charge in [-0.3, -0.25) is 15.0 Å². The molecule has 0 aromatic rings. The van der Waals surface area contributed by atoms with Gasteiger partial charge in [0.05, 0.1) is 12.0 Å². The summed E-state index contributed by atoms with van der Waals surface area (Å²) in [4.78, 5) is 13.6. The predicted molar refractivity (Wildman–Crippen MR) is 77.7 cm³/mol. The third kappa shape index (κ3) is 3.50. The molecule has 1 saturated carbocycles. The zero-order valence-electron chi connectivity index (χ0n) is 12.4. The van der Waals surface area contributed by atoms with Crippen molar-refractivity contribution >= 4 is 5.91 Å². The number of amides is 1. The summed E-state index contributed by atoms with van der Waals surface area (Å²) in [5, 5.41) is 13.2. The maximum atomic E-state index is 11.4. The summed E-state index contributed by atoms with van der Waals surface area (Å²) >= 11 is 0. The molecule has 3 N–H and O–H groups in total. The first-order chi connectivity index (χ1) is 9.61. The third-order valence-electron chi connectivity index (χ3n) is 4.55. The minimum atomic E-state index is -0.435. The number of hydrogen-bond acceptors (Lipinski definition) is 4. The van der Waals surface area contributed by atoms with Crippen molar-refractivity contribution in [3.05, 3.63) is 0 Å². The molecular formula is C15H26N4O. The largest absolute Gasteiger partial charge is 0.369 e. The minimum absolute atomic E-state index is 0.0504. The van der Waals surface area contributed by atoms with Crippen molar-refractivity contribution in [2.75, 3.05) is 26.2 Å². The van der Waals surface area contributed by atoms with Crippen molar-refractivity contribution in [2.24, 2.45) is 17.6 Å². The van der Waals surface area contributed by atoms with E-state index in [1.165, 1.54) is 0 Å². The molecular weight excluding hydrogens is 252 g/mol. The highest BCUT2D eigenvalue weighted by atomic mass is 16.1. The molecule has 5 heteroatoms. The van der Waals surface area contributed by atoms with Crippen LogP contribution in [-0.2, 0) is 4.79 Å². The second-order valence-corrected chi connectivity index (χ2v) is 6.26. The fourth-order valence-corrected chi connectivity index (χ4v) is 3.20. The van der Waals surface area contributed by atoms with E-state index in [0.29, 0.717) is 12.5 Å². The predicted octanol–water partition coefficient (Wildman–Crippen LogP) is 0.856. The molecule has 0 aromatic heterocycles. The van der Waals surface area contributed by atoms with Crippen LogP contribution in [0.2, 0.25) is 0 Å². The van der Waals surface area contributed by atoms with Gasteiger partial charge in [0.25, 0.3) is 0 Å². The number of carbonyl (C=O) groups is 1. The van der Waals surface area contributed by atoms with Crippen LogP contribution >= 0.6 is 0 Å². The molecule has 0 bridgehead atoms. The summed E-state index contributed by atoms with van der Waals surface area (Å²) in [6, 6.07) is 2.53. The fraction of sp³-hybridized carbons (Fsp3) is 0.867. The van der Waals surface area contributed by atoms with Crippen LogP contribution in [0, 0.1) is 23.2 Å². The molecule has 5 nitrogen and oxygen atoms in total. The molecule has 1 heterocycles. The van der Waals surface area contributed by atoms with E-state index in [-0.39, 0.29) is 11.8 Å². The van der Waals surface area contributed by atoms with Crippen molar-refractivity contribution in [3.63, 3.8) is 0 Å². The molecule has 2 atom stereocenters. The van der Waals surface area contributed by atoms with E-state index in [2.05, 4.69) is 23.2 Å². The van der Waals surface area contributed by atoms with Crippen LogP contribution < -0.4 is 11.1 Å². The molecule has 0 aromatic carbocycles. The van der Waals surface area contributed by atoms with Crippen LogP contribution in [0.5, 0.6) is 0 Å². The molecule has 1 amide bonds. The van der Waals surface area contributed by atoms with Gasteiger partial charge in [-0.2, -0.15) is 5.26 Å². The van der Waals surface area contributed by atoms with Gasteiger partial charge in [-0.05, 0) is 51.1 Å². The summed E-state index contributed by atoms with van der Waals surface area (Å²) in [7, 11) is 0. The van der Waals surface area contributed by atoms with Crippen LogP contribution in [0.1, 0.15) is 39.0 Å². The number of piperidine rings is 1. The standard InChI is InChI=1S/C15H26N4O/c1-2-7-18-15(10-16,13-5-6-13)11-19-8-3-4-12(9-19)14(17)20/h12-13,18H,2-9,11H2,1H3,(H2,17,20). The topological polar surface area (TPSA) is 82.2 Å². The van der Waals surface area contributed by atoms with E-state index in [9.17, 15) is 10.1 Å². The van der Waals surface area contributed by atoms with Gasteiger partial charge in [-0.25, -0.2) is 0 Å². The Balaban J connectivity index is 2.00. The van der Waals surface area contributed by atoms with Gasteiger partial charge in [0.15, 0.2) is 0 Å². The highest BCUT2D eigenvalue weighted by molar-refractivity contribution is 5.76. The average Bonchev–Trinajstić information content (AvgIpc) is 3.29. The quantitative estimate of drug-likeness (QED) is 0.723. The third-order valence-corrected chi connectivity index (χ3v) is 4.55. The number of nitrogens with two attached hydrogens (primary N) is 1. The van der Waals surface area contributed by atoms with Gasteiger partial charge in [0.1, 0.15) is 5.54 Å². The van der Waals surface area contributed by atoms with Crippen LogP contribution in [0.15, 0.2) is 0 Å². The smallest absolute Gasteiger partial charge is 0.221 e.